The van der Waals surface area contributed by atoms with Gasteiger partial charge in [0.05, 0.1) is 20.3 Å². The van der Waals surface area contributed by atoms with E-state index in [2.05, 4.69) is 19.2 Å². The molecule has 0 saturated heterocycles. The molecule has 1 atom stereocenters. The van der Waals surface area contributed by atoms with Gasteiger partial charge in [-0.2, -0.15) is 0 Å². The van der Waals surface area contributed by atoms with Crippen molar-refractivity contribution in [1.82, 2.24) is 5.32 Å². The van der Waals surface area contributed by atoms with Gasteiger partial charge >= 0.3 is 0 Å². The Labute approximate surface area is 104 Å². The minimum atomic E-state index is 0.569. The number of rotatable bonds is 8. The van der Waals surface area contributed by atoms with Gasteiger partial charge in [0.15, 0.2) is 0 Å². The molecule has 0 radical (unpaired) electrons. The predicted octanol–water partition coefficient (Wildman–Crippen LogP) is 2.60. The van der Waals surface area contributed by atoms with Crippen LogP contribution in [0.15, 0.2) is 24.3 Å². The highest BCUT2D eigenvalue weighted by Gasteiger charge is 1.97. The third-order valence-electron chi connectivity index (χ3n) is 2.78. The van der Waals surface area contributed by atoms with E-state index in [0.717, 1.165) is 25.3 Å². The highest BCUT2D eigenvalue weighted by molar-refractivity contribution is 5.26. The topological polar surface area (TPSA) is 30.5 Å². The third-order valence-corrected chi connectivity index (χ3v) is 2.78. The van der Waals surface area contributed by atoms with Crippen LogP contribution in [-0.4, -0.2) is 26.3 Å². The monoisotopic (exact) mass is 237 g/mol. The van der Waals surface area contributed by atoms with Gasteiger partial charge in [-0.25, -0.2) is 0 Å². The summed E-state index contributed by atoms with van der Waals surface area (Å²) in [7, 11) is 1.67. The quantitative estimate of drug-likeness (QED) is 0.705. The molecule has 1 unspecified atom stereocenters. The smallest absolute Gasteiger partial charge is 0.118 e. The summed E-state index contributed by atoms with van der Waals surface area (Å²) in [6.07, 6.45) is 1.15. The van der Waals surface area contributed by atoms with Crippen LogP contribution in [-0.2, 0) is 11.3 Å². The molecule has 0 aliphatic rings. The van der Waals surface area contributed by atoms with E-state index in [4.69, 9.17) is 9.47 Å². The van der Waals surface area contributed by atoms with Crippen LogP contribution in [0, 0.1) is 0 Å². The maximum absolute atomic E-state index is 5.58. The zero-order chi connectivity index (χ0) is 12.5. The van der Waals surface area contributed by atoms with Crippen molar-refractivity contribution < 1.29 is 9.47 Å². The van der Waals surface area contributed by atoms with Crippen LogP contribution in [0.4, 0.5) is 0 Å². The molecular weight excluding hydrogens is 214 g/mol. The van der Waals surface area contributed by atoms with Crippen LogP contribution >= 0.6 is 0 Å². The zero-order valence-corrected chi connectivity index (χ0v) is 11.0. The molecule has 0 amide bonds. The Morgan fingerprint density at radius 3 is 2.53 bits per heavy atom. The second kappa shape index (κ2) is 8.09. The Morgan fingerprint density at radius 2 is 1.94 bits per heavy atom. The number of benzene rings is 1. The van der Waals surface area contributed by atoms with Gasteiger partial charge < -0.3 is 14.8 Å². The maximum atomic E-state index is 5.58. The van der Waals surface area contributed by atoms with E-state index in [9.17, 15) is 0 Å². The summed E-state index contributed by atoms with van der Waals surface area (Å²) in [5, 5.41) is 3.39. The largest absolute Gasteiger partial charge is 0.497 e. The second-order valence-electron chi connectivity index (χ2n) is 4.16. The fourth-order valence-electron chi connectivity index (χ4n) is 1.43. The van der Waals surface area contributed by atoms with E-state index in [0.29, 0.717) is 12.6 Å². The molecule has 17 heavy (non-hydrogen) atoms. The molecule has 0 aliphatic heterocycles. The molecule has 0 saturated carbocycles. The fourth-order valence-corrected chi connectivity index (χ4v) is 1.43. The van der Waals surface area contributed by atoms with E-state index in [-0.39, 0.29) is 0 Å². The van der Waals surface area contributed by atoms with Crippen molar-refractivity contribution in [3.05, 3.63) is 29.8 Å². The Hall–Kier alpha value is -1.06. The first-order valence-corrected chi connectivity index (χ1v) is 6.20. The van der Waals surface area contributed by atoms with Crippen molar-refractivity contribution in [3.63, 3.8) is 0 Å². The first-order chi connectivity index (χ1) is 8.26. The predicted molar refractivity (Wildman–Crippen MR) is 70.4 cm³/mol. The van der Waals surface area contributed by atoms with Crippen LogP contribution in [0.3, 0.4) is 0 Å². The number of methoxy groups -OCH3 is 1. The number of hydrogen-bond donors (Lipinski definition) is 1. The molecule has 0 heterocycles. The molecule has 0 fully saturated rings. The maximum Gasteiger partial charge on any atom is 0.118 e. The van der Waals surface area contributed by atoms with Gasteiger partial charge in [-0.3, -0.25) is 0 Å². The molecule has 0 aliphatic carbocycles. The van der Waals surface area contributed by atoms with Gasteiger partial charge in [0.1, 0.15) is 5.75 Å². The van der Waals surface area contributed by atoms with Crippen LogP contribution in [0.25, 0.3) is 0 Å². The third kappa shape index (κ3) is 5.71. The van der Waals surface area contributed by atoms with Gasteiger partial charge in [0.2, 0.25) is 0 Å². The number of nitrogens with one attached hydrogen (secondary N) is 1. The van der Waals surface area contributed by atoms with Crippen molar-refractivity contribution in [3.8, 4) is 5.75 Å². The molecular formula is C14H23NO2. The standard InChI is InChI=1S/C14H23NO2/c1-4-12(2)15-9-10-17-11-13-5-7-14(16-3)8-6-13/h5-8,12,15H,4,9-11H2,1-3H3. The molecule has 1 rings (SSSR count). The molecule has 1 N–H and O–H groups in total. The molecule has 96 valence electrons. The van der Waals surface area contributed by atoms with Gasteiger partial charge in [-0.1, -0.05) is 19.1 Å². The number of hydrogen-bond acceptors (Lipinski definition) is 3. The van der Waals surface area contributed by atoms with E-state index in [1.807, 2.05) is 24.3 Å². The minimum Gasteiger partial charge on any atom is -0.497 e. The van der Waals surface area contributed by atoms with E-state index in [1.54, 1.807) is 7.11 Å². The first-order valence-electron chi connectivity index (χ1n) is 6.20. The summed E-state index contributed by atoms with van der Waals surface area (Å²) in [6, 6.07) is 8.54. The first kappa shape index (κ1) is 14.0. The second-order valence-corrected chi connectivity index (χ2v) is 4.16. The summed E-state index contributed by atoms with van der Waals surface area (Å²) in [5.41, 5.74) is 1.18. The van der Waals surface area contributed by atoms with Crippen LogP contribution in [0.1, 0.15) is 25.8 Å². The SMILES string of the molecule is CCC(C)NCCOCc1ccc(OC)cc1. The summed E-state index contributed by atoms with van der Waals surface area (Å²) in [4.78, 5) is 0. The molecule has 3 heteroatoms. The van der Waals surface area contributed by atoms with Gasteiger partial charge in [-0.15, -0.1) is 0 Å². The van der Waals surface area contributed by atoms with Crippen molar-refractivity contribution in [2.75, 3.05) is 20.3 Å². The zero-order valence-electron chi connectivity index (χ0n) is 11.0. The number of ether oxygens (including phenoxy) is 2. The molecule has 0 aromatic heterocycles. The highest BCUT2D eigenvalue weighted by atomic mass is 16.5. The van der Waals surface area contributed by atoms with Gasteiger partial charge in [0.25, 0.3) is 0 Å². The lowest BCUT2D eigenvalue weighted by Gasteiger charge is -2.11. The normalized spacial score (nSPS) is 12.4. The molecule has 3 nitrogen and oxygen atoms in total. The summed E-state index contributed by atoms with van der Waals surface area (Å²) >= 11 is 0. The van der Waals surface area contributed by atoms with Gasteiger partial charge in [0, 0.05) is 12.6 Å². The molecule has 1 aromatic rings. The average Bonchev–Trinajstić information content (AvgIpc) is 2.38. The lowest BCUT2D eigenvalue weighted by molar-refractivity contribution is 0.121. The van der Waals surface area contributed by atoms with Crippen LogP contribution in [0.2, 0.25) is 0 Å². The van der Waals surface area contributed by atoms with Crippen molar-refractivity contribution in [2.45, 2.75) is 32.9 Å². The summed E-state index contributed by atoms with van der Waals surface area (Å²) in [5.74, 6) is 0.882. The van der Waals surface area contributed by atoms with E-state index >= 15 is 0 Å². The Bertz CT molecular complexity index is 298. The van der Waals surface area contributed by atoms with E-state index in [1.165, 1.54) is 5.56 Å². The fraction of sp³-hybridized carbons (Fsp3) is 0.571. The Morgan fingerprint density at radius 1 is 1.24 bits per heavy atom. The Balaban J connectivity index is 2.13. The van der Waals surface area contributed by atoms with Crippen molar-refractivity contribution in [2.24, 2.45) is 0 Å². The average molecular weight is 237 g/mol. The van der Waals surface area contributed by atoms with E-state index < -0.39 is 0 Å². The van der Waals surface area contributed by atoms with Crippen molar-refractivity contribution in [1.29, 1.82) is 0 Å². The molecule has 0 spiro atoms. The van der Waals surface area contributed by atoms with Crippen molar-refractivity contribution >= 4 is 0 Å². The molecule has 0 bridgehead atoms. The lowest BCUT2D eigenvalue weighted by Crippen LogP contribution is -2.28. The highest BCUT2D eigenvalue weighted by Crippen LogP contribution is 2.11. The minimum absolute atomic E-state index is 0.569. The molecule has 1 aromatic carbocycles. The van der Waals surface area contributed by atoms with Crippen LogP contribution < -0.4 is 10.1 Å². The Kier molecular flexibility index (Phi) is 6.67. The summed E-state index contributed by atoms with van der Waals surface area (Å²) < 4.78 is 10.7. The van der Waals surface area contributed by atoms with Gasteiger partial charge in [-0.05, 0) is 31.0 Å². The lowest BCUT2D eigenvalue weighted by atomic mass is 10.2. The summed E-state index contributed by atoms with van der Waals surface area (Å²) in [6.45, 7) is 6.67. The van der Waals surface area contributed by atoms with Crippen LogP contribution in [0.5, 0.6) is 5.75 Å².